The first-order valence-corrected chi connectivity index (χ1v) is 10.4. The maximum absolute atomic E-state index is 12.7. The zero-order valence-corrected chi connectivity index (χ0v) is 18.5. The van der Waals surface area contributed by atoms with E-state index in [1.165, 1.54) is 18.4 Å². The molecule has 162 valence electrons. The summed E-state index contributed by atoms with van der Waals surface area (Å²) in [4.78, 5) is 24.9. The summed E-state index contributed by atoms with van der Waals surface area (Å²) in [5.41, 5.74) is 0.284. The summed E-state index contributed by atoms with van der Waals surface area (Å²) >= 11 is 18.1. The van der Waals surface area contributed by atoms with Crippen LogP contribution in [-0.2, 0) is 4.79 Å². The first kappa shape index (κ1) is 22.0. The van der Waals surface area contributed by atoms with E-state index in [4.69, 9.17) is 48.7 Å². The predicted molar refractivity (Wildman–Crippen MR) is 125 cm³/mol. The molecule has 0 radical (unpaired) electrons. The molecule has 6 nitrogen and oxygen atoms in total. The lowest BCUT2D eigenvalue weighted by Crippen LogP contribution is -2.20. The first-order valence-electron chi connectivity index (χ1n) is 9.27. The molecule has 0 aliphatic heterocycles. The van der Waals surface area contributed by atoms with E-state index >= 15 is 0 Å². The van der Waals surface area contributed by atoms with Crippen molar-refractivity contribution in [2.24, 2.45) is 0 Å². The second-order valence-corrected chi connectivity index (χ2v) is 7.75. The number of rotatable bonds is 6. The van der Waals surface area contributed by atoms with Crippen LogP contribution in [0.2, 0.25) is 15.1 Å². The Kier molecular flexibility index (Phi) is 6.55. The van der Waals surface area contributed by atoms with Crippen molar-refractivity contribution in [3.63, 3.8) is 0 Å². The summed E-state index contributed by atoms with van der Waals surface area (Å²) in [6.45, 7) is -0.285. The molecule has 0 unspecified atom stereocenters. The van der Waals surface area contributed by atoms with Crippen LogP contribution in [0.4, 0.5) is 5.69 Å². The minimum atomic E-state index is -0.431. The van der Waals surface area contributed by atoms with Crippen LogP contribution < -0.4 is 20.2 Å². The SMILES string of the molecule is O=C(COc1ccc2c(=O)c(Oc3ccccc3Cl)coc2c1)Nc1cccc(Cl)c1Cl. The van der Waals surface area contributed by atoms with E-state index in [1.54, 1.807) is 48.5 Å². The van der Waals surface area contributed by atoms with E-state index in [1.807, 2.05) is 0 Å². The summed E-state index contributed by atoms with van der Waals surface area (Å²) in [5, 5.41) is 3.85. The lowest BCUT2D eigenvalue weighted by molar-refractivity contribution is -0.118. The normalized spacial score (nSPS) is 10.7. The number of para-hydroxylation sites is 1. The number of nitrogens with one attached hydrogen (secondary N) is 1. The van der Waals surface area contributed by atoms with Gasteiger partial charge in [-0.25, -0.2) is 0 Å². The van der Waals surface area contributed by atoms with Gasteiger partial charge in [0.15, 0.2) is 6.61 Å². The molecule has 0 aliphatic carbocycles. The molecule has 1 aromatic heterocycles. The highest BCUT2D eigenvalue weighted by molar-refractivity contribution is 6.44. The number of hydrogen-bond acceptors (Lipinski definition) is 5. The smallest absolute Gasteiger partial charge is 0.262 e. The highest BCUT2D eigenvalue weighted by Crippen LogP contribution is 2.30. The molecule has 1 amide bonds. The van der Waals surface area contributed by atoms with E-state index in [9.17, 15) is 9.59 Å². The Morgan fingerprint density at radius 3 is 2.53 bits per heavy atom. The molecule has 32 heavy (non-hydrogen) atoms. The van der Waals surface area contributed by atoms with Gasteiger partial charge in [0, 0.05) is 6.07 Å². The molecule has 0 spiro atoms. The molecule has 0 saturated carbocycles. The quantitative estimate of drug-likeness (QED) is 0.331. The van der Waals surface area contributed by atoms with Crippen molar-refractivity contribution in [2.75, 3.05) is 11.9 Å². The first-order chi connectivity index (χ1) is 15.4. The fourth-order valence-electron chi connectivity index (χ4n) is 2.83. The van der Waals surface area contributed by atoms with Crippen LogP contribution in [0, 0.1) is 0 Å². The standard InChI is InChI=1S/C23H14Cl3NO5/c24-15-4-1-2-7-18(15)32-20-11-31-19-10-13(8-9-14(19)23(20)29)30-12-21(28)27-17-6-3-5-16(25)22(17)26/h1-11H,12H2,(H,27,28). The van der Waals surface area contributed by atoms with Gasteiger partial charge in [-0.05, 0) is 36.4 Å². The molecule has 1 heterocycles. The fourth-order valence-corrected chi connectivity index (χ4v) is 3.35. The van der Waals surface area contributed by atoms with E-state index in [2.05, 4.69) is 5.32 Å². The Hall–Kier alpha value is -3.19. The summed E-state index contributed by atoms with van der Waals surface area (Å²) in [7, 11) is 0. The summed E-state index contributed by atoms with van der Waals surface area (Å²) in [6.07, 6.45) is 1.20. The van der Waals surface area contributed by atoms with Gasteiger partial charge >= 0.3 is 0 Å². The van der Waals surface area contributed by atoms with E-state index in [0.29, 0.717) is 27.2 Å². The van der Waals surface area contributed by atoms with Crippen molar-refractivity contribution in [2.45, 2.75) is 0 Å². The largest absolute Gasteiger partial charge is 0.484 e. The Morgan fingerprint density at radius 1 is 0.938 bits per heavy atom. The van der Waals surface area contributed by atoms with Crippen LogP contribution in [0.15, 0.2) is 76.1 Å². The molecule has 0 bridgehead atoms. The van der Waals surface area contributed by atoms with Crippen LogP contribution >= 0.6 is 34.8 Å². The third-order valence-electron chi connectivity index (χ3n) is 4.37. The van der Waals surface area contributed by atoms with E-state index in [-0.39, 0.29) is 33.8 Å². The third kappa shape index (κ3) is 4.83. The monoisotopic (exact) mass is 489 g/mol. The number of amides is 1. The van der Waals surface area contributed by atoms with Crippen molar-refractivity contribution in [3.05, 3.63) is 92.2 Å². The summed E-state index contributed by atoms with van der Waals surface area (Å²) < 4.78 is 16.6. The molecule has 0 fully saturated rings. The van der Waals surface area contributed by atoms with E-state index < -0.39 is 5.91 Å². The molecule has 4 rings (SSSR count). The number of halogens is 3. The van der Waals surface area contributed by atoms with Gasteiger partial charge in [-0.2, -0.15) is 0 Å². The van der Waals surface area contributed by atoms with Crippen LogP contribution in [0.5, 0.6) is 17.2 Å². The van der Waals surface area contributed by atoms with Crippen LogP contribution in [0.25, 0.3) is 11.0 Å². The lowest BCUT2D eigenvalue weighted by Gasteiger charge is -2.10. The number of fused-ring (bicyclic) bond motifs is 1. The van der Waals surface area contributed by atoms with Crippen molar-refractivity contribution in [1.82, 2.24) is 0 Å². The predicted octanol–water partition coefficient (Wildman–Crippen LogP) is 6.56. The molecule has 1 N–H and O–H groups in total. The lowest BCUT2D eigenvalue weighted by atomic mass is 10.2. The van der Waals surface area contributed by atoms with Gasteiger partial charge in [-0.3, -0.25) is 9.59 Å². The van der Waals surface area contributed by atoms with Crippen molar-refractivity contribution < 1.29 is 18.7 Å². The molecule has 0 aliphatic rings. The highest BCUT2D eigenvalue weighted by Gasteiger charge is 2.13. The zero-order valence-electron chi connectivity index (χ0n) is 16.2. The average molecular weight is 491 g/mol. The minimum absolute atomic E-state index is 0.00273. The summed E-state index contributed by atoms with van der Waals surface area (Å²) in [5.74, 6) is 0.246. The Labute approximate surface area is 197 Å². The Balaban J connectivity index is 1.47. The Morgan fingerprint density at radius 2 is 1.72 bits per heavy atom. The topological polar surface area (TPSA) is 77.8 Å². The van der Waals surface area contributed by atoms with Crippen molar-refractivity contribution >= 4 is 57.4 Å². The molecular weight excluding hydrogens is 477 g/mol. The van der Waals surface area contributed by atoms with Crippen molar-refractivity contribution in [1.29, 1.82) is 0 Å². The second-order valence-electron chi connectivity index (χ2n) is 6.56. The van der Waals surface area contributed by atoms with Crippen molar-refractivity contribution in [3.8, 4) is 17.2 Å². The minimum Gasteiger partial charge on any atom is -0.484 e. The molecule has 9 heteroatoms. The van der Waals surface area contributed by atoms with Gasteiger partial charge in [0.25, 0.3) is 5.91 Å². The Bertz CT molecular complexity index is 1370. The van der Waals surface area contributed by atoms with Gasteiger partial charge in [0.1, 0.15) is 23.3 Å². The van der Waals surface area contributed by atoms with Gasteiger partial charge in [0.2, 0.25) is 11.2 Å². The van der Waals surface area contributed by atoms with Crippen LogP contribution in [0.3, 0.4) is 0 Å². The second kappa shape index (κ2) is 9.53. The zero-order chi connectivity index (χ0) is 22.7. The number of carbonyl (C=O) groups is 1. The number of hydrogen-bond donors (Lipinski definition) is 1. The van der Waals surface area contributed by atoms with Gasteiger partial charge in [-0.1, -0.05) is 53.0 Å². The van der Waals surface area contributed by atoms with Crippen LogP contribution in [0.1, 0.15) is 0 Å². The summed E-state index contributed by atoms with van der Waals surface area (Å²) in [6, 6.07) is 16.3. The third-order valence-corrected chi connectivity index (χ3v) is 5.50. The van der Waals surface area contributed by atoms with Gasteiger partial charge < -0.3 is 19.2 Å². The maximum Gasteiger partial charge on any atom is 0.262 e. The number of anilines is 1. The molecule has 0 saturated heterocycles. The molecule has 0 atom stereocenters. The number of ether oxygens (including phenoxy) is 2. The van der Waals surface area contributed by atoms with Gasteiger partial charge in [0.05, 0.1) is 26.1 Å². The van der Waals surface area contributed by atoms with E-state index in [0.717, 1.165) is 0 Å². The fraction of sp³-hybridized carbons (Fsp3) is 0.0435. The number of benzene rings is 3. The average Bonchev–Trinajstić information content (AvgIpc) is 2.79. The van der Waals surface area contributed by atoms with Crippen LogP contribution in [-0.4, -0.2) is 12.5 Å². The number of carbonyl (C=O) groups excluding carboxylic acids is 1. The highest BCUT2D eigenvalue weighted by atomic mass is 35.5. The molecule has 4 aromatic rings. The molecular formula is C23H14Cl3NO5. The van der Waals surface area contributed by atoms with Gasteiger partial charge in [-0.15, -0.1) is 0 Å². The molecule has 3 aromatic carbocycles. The maximum atomic E-state index is 12.7.